The molecule has 22 heavy (non-hydrogen) atoms. The van der Waals surface area contributed by atoms with E-state index in [2.05, 4.69) is 24.5 Å². The van der Waals surface area contributed by atoms with Gasteiger partial charge in [0.1, 0.15) is 5.56 Å². The van der Waals surface area contributed by atoms with Gasteiger partial charge in [-0.05, 0) is 43.4 Å². The lowest BCUT2D eigenvalue weighted by molar-refractivity contribution is -0.385. The Morgan fingerprint density at radius 3 is 2.86 bits per heavy atom. The summed E-state index contributed by atoms with van der Waals surface area (Å²) in [6.07, 6.45) is 2.23. The lowest BCUT2D eigenvalue weighted by Crippen LogP contribution is -2.52. The molecule has 0 radical (unpaired) electrons. The van der Waals surface area contributed by atoms with Crippen LogP contribution >= 0.6 is 0 Å². The van der Waals surface area contributed by atoms with Crippen LogP contribution in [0.25, 0.3) is 0 Å². The van der Waals surface area contributed by atoms with Gasteiger partial charge in [-0.2, -0.15) is 0 Å². The lowest BCUT2D eigenvalue weighted by atomic mass is 9.77. The van der Waals surface area contributed by atoms with Gasteiger partial charge in [0.2, 0.25) is 0 Å². The molecule has 0 bridgehead atoms. The molecule has 120 valence electrons. The fourth-order valence-electron chi connectivity index (χ4n) is 2.90. The van der Waals surface area contributed by atoms with Crippen LogP contribution in [0.2, 0.25) is 0 Å². The van der Waals surface area contributed by atoms with Gasteiger partial charge in [0, 0.05) is 18.7 Å². The number of nitrogens with zero attached hydrogens (tertiary/aromatic N) is 1. The Balaban J connectivity index is 2.09. The molecule has 0 aliphatic carbocycles. The average Bonchev–Trinajstić information content (AvgIpc) is 2.45. The highest BCUT2D eigenvalue weighted by atomic mass is 16.6. The number of nitrogens with one attached hydrogen (secondary N) is 2. The summed E-state index contributed by atoms with van der Waals surface area (Å²) in [5, 5.41) is 17.3. The van der Waals surface area contributed by atoms with Crippen molar-refractivity contribution in [1.29, 1.82) is 0 Å². The van der Waals surface area contributed by atoms with Crippen molar-refractivity contribution < 1.29 is 9.72 Å². The first-order valence-electron chi connectivity index (χ1n) is 7.58. The van der Waals surface area contributed by atoms with Crippen LogP contribution in [0.4, 0.5) is 5.69 Å². The smallest absolute Gasteiger partial charge is 0.282 e. The normalized spacial score (nSPS) is 20.4. The third kappa shape index (κ3) is 3.62. The van der Waals surface area contributed by atoms with Crippen molar-refractivity contribution in [3.8, 4) is 0 Å². The van der Waals surface area contributed by atoms with E-state index in [1.165, 1.54) is 6.07 Å². The molecule has 2 N–H and O–H groups in total. The topological polar surface area (TPSA) is 84.3 Å². The van der Waals surface area contributed by atoms with E-state index in [4.69, 9.17) is 0 Å². The molecular weight excluding hydrogens is 282 g/mol. The van der Waals surface area contributed by atoms with Gasteiger partial charge in [-0.1, -0.05) is 19.9 Å². The lowest BCUT2D eigenvalue weighted by Gasteiger charge is -2.39. The van der Waals surface area contributed by atoms with Crippen LogP contribution in [-0.4, -0.2) is 30.0 Å². The van der Waals surface area contributed by atoms with Crippen molar-refractivity contribution in [3.05, 3.63) is 39.4 Å². The van der Waals surface area contributed by atoms with Gasteiger partial charge in [0.25, 0.3) is 11.6 Å². The van der Waals surface area contributed by atoms with Gasteiger partial charge in [-0.15, -0.1) is 0 Å². The largest absolute Gasteiger partial charge is 0.350 e. The number of rotatable bonds is 4. The molecule has 2 rings (SSSR count). The predicted octanol–water partition coefficient (Wildman–Crippen LogP) is 2.41. The molecule has 1 heterocycles. The molecule has 1 amide bonds. The zero-order valence-corrected chi connectivity index (χ0v) is 13.3. The van der Waals surface area contributed by atoms with Crippen molar-refractivity contribution in [2.45, 2.75) is 39.7 Å². The quantitative estimate of drug-likeness (QED) is 0.661. The van der Waals surface area contributed by atoms with Crippen LogP contribution in [0.1, 0.15) is 42.6 Å². The number of nitro benzene ring substituents is 1. The number of carbonyl (C=O) groups is 1. The Bertz CT molecular complexity index is 584. The minimum Gasteiger partial charge on any atom is -0.350 e. The second-order valence-corrected chi connectivity index (χ2v) is 6.59. The summed E-state index contributed by atoms with van der Waals surface area (Å²) in [5.74, 6) is -0.390. The minimum atomic E-state index is -0.517. The SMILES string of the molecule is Cc1ccc([N+](=O)[O-])c(C(=O)NCC2NCCCC2(C)C)c1. The van der Waals surface area contributed by atoms with E-state index in [0.717, 1.165) is 24.9 Å². The van der Waals surface area contributed by atoms with Gasteiger partial charge in [0.05, 0.1) is 4.92 Å². The van der Waals surface area contributed by atoms with E-state index in [1.54, 1.807) is 12.1 Å². The highest BCUT2D eigenvalue weighted by Gasteiger charge is 2.32. The maximum atomic E-state index is 12.3. The predicted molar refractivity (Wildman–Crippen MR) is 85.0 cm³/mol. The summed E-state index contributed by atoms with van der Waals surface area (Å²) >= 11 is 0. The summed E-state index contributed by atoms with van der Waals surface area (Å²) in [7, 11) is 0. The van der Waals surface area contributed by atoms with Crippen LogP contribution in [0, 0.1) is 22.5 Å². The summed E-state index contributed by atoms with van der Waals surface area (Å²) in [5.41, 5.74) is 0.897. The van der Waals surface area contributed by atoms with E-state index in [9.17, 15) is 14.9 Å². The molecule has 1 aliphatic heterocycles. The number of amides is 1. The number of nitro groups is 1. The molecule has 0 aromatic heterocycles. The Hall–Kier alpha value is -1.95. The van der Waals surface area contributed by atoms with Crippen molar-refractivity contribution in [1.82, 2.24) is 10.6 Å². The summed E-state index contributed by atoms with van der Waals surface area (Å²) < 4.78 is 0. The molecular formula is C16H23N3O3. The standard InChI is InChI=1S/C16H23N3O3/c1-11-5-6-13(19(21)22)12(9-11)15(20)18-10-14-16(2,3)7-4-8-17-14/h5-6,9,14,17H,4,7-8,10H2,1-3H3,(H,18,20). The number of benzene rings is 1. The maximum Gasteiger partial charge on any atom is 0.282 e. The van der Waals surface area contributed by atoms with Gasteiger partial charge >= 0.3 is 0 Å². The van der Waals surface area contributed by atoms with Gasteiger partial charge < -0.3 is 10.6 Å². The number of hydrogen-bond donors (Lipinski definition) is 2. The molecule has 1 atom stereocenters. The third-order valence-corrected chi connectivity index (χ3v) is 4.39. The molecule has 1 fully saturated rings. The van der Waals surface area contributed by atoms with Crippen LogP contribution in [0.3, 0.4) is 0 Å². The summed E-state index contributed by atoms with van der Waals surface area (Å²) in [6.45, 7) is 7.56. The van der Waals surface area contributed by atoms with Crippen molar-refractivity contribution >= 4 is 11.6 Å². The molecule has 0 spiro atoms. The fraction of sp³-hybridized carbons (Fsp3) is 0.562. The zero-order chi connectivity index (χ0) is 16.3. The van der Waals surface area contributed by atoms with E-state index >= 15 is 0 Å². The Morgan fingerprint density at radius 2 is 2.23 bits per heavy atom. The van der Waals surface area contributed by atoms with E-state index in [1.807, 2.05) is 6.92 Å². The van der Waals surface area contributed by atoms with E-state index in [-0.39, 0.29) is 22.7 Å². The highest BCUT2D eigenvalue weighted by molar-refractivity contribution is 5.98. The molecule has 1 saturated heterocycles. The molecule has 6 nitrogen and oxygen atoms in total. The first-order chi connectivity index (χ1) is 10.3. The molecule has 0 saturated carbocycles. The Kier molecular flexibility index (Phi) is 4.81. The number of carbonyl (C=O) groups excluding carboxylic acids is 1. The monoisotopic (exact) mass is 305 g/mol. The molecule has 1 aromatic rings. The zero-order valence-electron chi connectivity index (χ0n) is 13.3. The van der Waals surface area contributed by atoms with E-state index < -0.39 is 10.8 Å². The summed E-state index contributed by atoms with van der Waals surface area (Å²) in [6, 6.07) is 4.76. The fourth-order valence-corrected chi connectivity index (χ4v) is 2.90. The van der Waals surface area contributed by atoms with Gasteiger partial charge in [-0.3, -0.25) is 14.9 Å². The number of aryl methyl sites for hydroxylation is 1. The maximum absolute atomic E-state index is 12.3. The van der Waals surface area contributed by atoms with Crippen molar-refractivity contribution in [2.24, 2.45) is 5.41 Å². The Labute approximate surface area is 130 Å². The van der Waals surface area contributed by atoms with Crippen molar-refractivity contribution in [3.63, 3.8) is 0 Å². The van der Waals surface area contributed by atoms with Crippen LogP contribution in [0.5, 0.6) is 0 Å². The average molecular weight is 305 g/mol. The second kappa shape index (κ2) is 6.44. The molecule has 1 unspecified atom stereocenters. The number of piperidine rings is 1. The van der Waals surface area contributed by atoms with Crippen LogP contribution < -0.4 is 10.6 Å². The third-order valence-electron chi connectivity index (χ3n) is 4.39. The van der Waals surface area contributed by atoms with E-state index in [0.29, 0.717) is 6.54 Å². The second-order valence-electron chi connectivity index (χ2n) is 6.59. The molecule has 6 heteroatoms. The van der Waals surface area contributed by atoms with Gasteiger partial charge in [-0.25, -0.2) is 0 Å². The highest BCUT2D eigenvalue weighted by Crippen LogP contribution is 2.29. The van der Waals surface area contributed by atoms with Crippen LogP contribution in [0.15, 0.2) is 18.2 Å². The first-order valence-corrected chi connectivity index (χ1v) is 7.58. The summed E-state index contributed by atoms with van der Waals surface area (Å²) in [4.78, 5) is 22.9. The van der Waals surface area contributed by atoms with Crippen LogP contribution in [-0.2, 0) is 0 Å². The molecule has 1 aliphatic rings. The minimum absolute atomic E-state index is 0.101. The van der Waals surface area contributed by atoms with Crippen molar-refractivity contribution in [2.75, 3.05) is 13.1 Å². The first kappa shape index (κ1) is 16.4. The number of hydrogen-bond acceptors (Lipinski definition) is 4. The van der Waals surface area contributed by atoms with Gasteiger partial charge in [0.15, 0.2) is 0 Å². The Morgan fingerprint density at radius 1 is 1.50 bits per heavy atom. The molecule has 1 aromatic carbocycles.